The third-order valence-corrected chi connectivity index (χ3v) is 8.56. The molecular weight excluding hydrogens is 611 g/mol. The van der Waals surface area contributed by atoms with Gasteiger partial charge < -0.3 is 14.2 Å². The molecule has 6 rings (SSSR count). The fourth-order valence-corrected chi connectivity index (χ4v) is 6.46. The molecule has 234 valence electrons. The Morgan fingerprint density at radius 2 is 1.64 bits per heavy atom. The Morgan fingerprint density at radius 1 is 0.915 bits per heavy atom. The number of aromatic nitrogens is 1. The van der Waals surface area contributed by atoms with Crippen LogP contribution in [0.1, 0.15) is 47.7 Å². The van der Waals surface area contributed by atoms with E-state index in [4.69, 9.17) is 19.2 Å². The third kappa shape index (κ3) is 6.50. The van der Waals surface area contributed by atoms with Crippen LogP contribution in [0.2, 0.25) is 0 Å². The van der Waals surface area contributed by atoms with E-state index in [1.165, 1.54) is 11.3 Å². The lowest BCUT2D eigenvalue weighted by Crippen LogP contribution is -2.39. The Kier molecular flexibility index (Phi) is 9.41. The van der Waals surface area contributed by atoms with Crippen LogP contribution in [0.25, 0.3) is 11.8 Å². The second-order valence-electron chi connectivity index (χ2n) is 10.5. The molecule has 0 unspecified atom stereocenters. The number of hydrogen-bond donors (Lipinski definition) is 0. The normalized spacial score (nSPS) is 14.1. The summed E-state index contributed by atoms with van der Waals surface area (Å²) in [6.45, 7) is 4.43. The van der Waals surface area contributed by atoms with Gasteiger partial charge in [-0.05, 0) is 49.2 Å². The molecule has 0 N–H and O–H groups in total. The summed E-state index contributed by atoms with van der Waals surface area (Å²) in [6, 6.07) is 33.1. The van der Waals surface area contributed by atoms with Crippen LogP contribution in [0.5, 0.6) is 11.5 Å². The number of carbonyl (C=O) groups excluding carboxylic acids is 1. The van der Waals surface area contributed by atoms with Crippen molar-refractivity contribution in [3.8, 4) is 17.6 Å². The maximum Gasteiger partial charge on any atom is 0.338 e. The van der Waals surface area contributed by atoms with Gasteiger partial charge in [-0.15, -0.1) is 0 Å². The average Bonchev–Trinajstić information content (AvgIpc) is 3.42. The minimum absolute atomic E-state index is 0.184. The lowest BCUT2D eigenvalue weighted by atomic mass is 9.93. The van der Waals surface area contributed by atoms with Gasteiger partial charge >= 0.3 is 5.97 Å². The second kappa shape index (κ2) is 14.1. The largest absolute Gasteiger partial charge is 0.490 e. The van der Waals surface area contributed by atoms with E-state index in [-0.39, 0.29) is 18.8 Å². The summed E-state index contributed by atoms with van der Waals surface area (Å²) in [7, 11) is 0. The Balaban J connectivity index is 1.46. The summed E-state index contributed by atoms with van der Waals surface area (Å²) < 4.78 is 19.5. The number of hydrogen-bond acceptors (Lipinski definition) is 8. The zero-order valence-corrected chi connectivity index (χ0v) is 26.7. The fourth-order valence-electron chi connectivity index (χ4n) is 5.46. The molecule has 47 heavy (non-hydrogen) atoms. The molecule has 4 aromatic carbocycles. The zero-order chi connectivity index (χ0) is 32.8. The van der Waals surface area contributed by atoms with E-state index in [9.17, 15) is 14.9 Å². The van der Waals surface area contributed by atoms with Gasteiger partial charge in [-0.25, -0.2) is 9.79 Å². The maximum absolute atomic E-state index is 14.2. The van der Waals surface area contributed by atoms with Gasteiger partial charge in [-0.2, -0.15) is 5.26 Å². The predicted molar refractivity (Wildman–Crippen MR) is 181 cm³/mol. The third-order valence-electron chi connectivity index (χ3n) is 7.58. The topological polar surface area (TPSA) is 103 Å². The summed E-state index contributed by atoms with van der Waals surface area (Å²) in [5, 5.41) is 9.44. The molecule has 0 amide bonds. The molecule has 0 saturated heterocycles. The quantitative estimate of drug-likeness (QED) is 0.179. The van der Waals surface area contributed by atoms with Gasteiger partial charge in [0.2, 0.25) is 0 Å². The SMILES string of the molecule is CCOC(=O)C1=C(c2ccccc2)N=c2s/c(=C\c3ccc(OCc4ccccc4C#N)c(OCC)c3)c(=O)n2[C@H]1c1ccccc1. The van der Waals surface area contributed by atoms with Gasteiger partial charge in [-0.3, -0.25) is 9.36 Å². The summed E-state index contributed by atoms with van der Waals surface area (Å²) in [6.07, 6.45) is 1.79. The van der Waals surface area contributed by atoms with Crippen molar-refractivity contribution in [1.29, 1.82) is 5.26 Å². The summed E-state index contributed by atoms with van der Waals surface area (Å²) in [4.78, 5) is 33.2. The standard InChI is InChI=1S/C38H31N3O5S/c1-3-44-31-21-25(19-20-30(31)46-24-29-18-12-11-17-28(29)23-39)22-32-36(42)41-35(27-15-9-6-10-16-27)33(37(43)45-4-2)34(40-38(41)47-32)26-13-7-5-8-14-26/h5-22,35H,3-4,24H2,1-2H3/b32-22-/t35-/m0/s1. The highest BCUT2D eigenvalue weighted by Crippen LogP contribution is 2.35. The van der Waals surface area contributed by atoms with E-state index in [1.54, 1.807) is 29.7 Å². The molecule has 1 aliphatic heterocycles. The van der Waals surface area contributed by atoms with Crippen LogP contribution in [0.15, 0.2) is 118 Å². The van der Waals surface area contributed by atoms with E-state index < -0.39 is 12.0 Å². The van der Waals surface area contributed by atoms with Crippen LogP contribution in [-0.2, 0) is 16.1 Å². The zero-order valence-electron chi connectivity index (χ0n) is 25.9. The first-order valence-electron chi connectivity index (χ1n) is 15.2. The van der Waals surface area contributed by atoms with Crippen molar-refractivity contribution in [2.24, 2.45) is 4.99 Å². The van der Waals surface area contributed by atoms with Gasteiger partial charge in [0, 0.05) is 11.1 Å². The van der Waals surface area contributed by atoms with Crippen molar-refractivity contribution in [3.63, 3.8) is 0 Å². The highest BCUT2D eigenvalue weighted by atomic mass is 32.1. The first-order chi connectivity index (χ1) is 23.0. The van der Waals surface area contributed by atoms with E-state index in [0.29, 0.717) is 44.3 Å². The summed E-state index contributed by atoms with van der Waals surface area (Å²) in [5.74, 6) is 0.517. The number of thiazole rings is 1. The smallest absolute Gasteiger partial charge is 0.338 e. The van der Waals surface area contributed by atoms with E-state index in [0.717, 1.165) is 22.3 Å². The molecule has 0 aliphatic carbocycles. The number of fused-ring (bicyclic) bond motifs is 1. The molecule has 5 aromatic rings. The van der Waals surface area contributed by atoms with E-state index in [2.05, 4.69) is 6.07 Å². The molecular formula is C38H31N3O5S. The predicted octanol–water partition coefficient (Wildman–Crippen LogP) is 5.78. The van der Waals surface area contributed by atoms with Crippen LogP contribution >= 0.6 is 11.3 Å². The average molecular weight is 642 g/mol. The van der Waals surface area contributed by atoms with Crippen LogP contribution < -0.4 is 24.4 Å². The van der Waals surface area contributed by atoms with Gasteiger partial charge in [0.25, 0.3) is 5.56 Å². The van der Waals surface area contributed by atoms with Crippen molar-refractivity contribution in [1.82, 2.24) is 4.57 Å². The monoisotopic (exact) mass is 641 g/mol. The first kappa shape index (κ1) is 31.3. The molecule has 0 spiro atoms. The highest BCUT2D eigenvalue weighted by molar-refractivity contribution is 7.07. The molecule has 1 aromatic heterocycles. The van der Waals surface area contributed by atoms with Gasteiger partial charge in [-0.1, -0.05) is 96.3 Å². The molecule has 0 radical (unpaired) electrons. The minimum Gasteiger partial charge on any atom is -0.490 e. The maximum atomic E-state index is 14.2. The van der Waals surface area contributed by atoms with E-state index >= 15 is 0 Å². The van der Waals surface area contributed by atoms with Crippen molar-refractivity contribution < 1.29 is 19.0 Å². The van der Waals surface area contributed by atoms with Crippen LogP contribution in [0.3, 0.4) is 0 Å². The number of rotatable bonds is 10. The number of esters is 1. The molecule has 0 saturated carbocycles. The van der Waals surface area contributed by atoms with Crippen molar-refractivity contribution >= 4 is 29.1 Å². The highest BCUT2D eigenvalue weighted by Gasteiger charge is 2.35. The first-order valence-corrected chi connectivity index (χ1v) is 16.0. The number of nitrogens with zero attached hydrogens (tertiary/aromatic N) is 3. The Hall–Kier alpha value is -5.72. The van der Waals surface area contributed by atoms with Crippen LogP contribution in [0.4, 0.5) is 0 Å². The van der Waals surface area contributed by atoms with Crippen LogP contribution in [-0.4, -0.2) is 23.8 Å². The number of ether oxygens (including phenoxy) is 3. The molecule has 9 heteroatoms. The lowest BCUT2D eigenvalue weighted by molar-refractivity contribution is -0.138. The Labute approximate surface area is 275 Å². The lowest BCUT2D eigenvalue weighted by Gasteiger charge is -2.25. The summed E-state index contributed by atoms with van der Waals surface area (Å²) in [5.41, 5.74) is 4.08. The van der Waals surface area contributed by atoms with Crippen LogP contribution in [0, 0.1) is 11.3 Å². The number of benzene rings is 4. The van der Waals surface area contributed by atoms with Gasteiger partial charge in [0.05, 0.1) is 46.7 Å². The second-order valence-corrected chi connectivity index (χ2v) is 11.5. The minimum atomic E-state index is -0.741. The molecule has 1 atom stereocenters. The summed E-state index contributed by atoms with van der Waals surface area (Å²) >= 11 is 1.26. The van der Waals surface area contributed by atoms with Crippen molar-refractivity contribution in [2.75, 3.05) is 13.2 Å². The number of carbonyl (C=O) groups is 1. The van der Waals surface area contributed by atoms with Crippen molar-refractivity contribution in [2.45, 2.75) is 26.5 Å². The fraction of sp³-hybridized carbons (Fsp3) is 0.158. The molecule has 0 bridgehead atoms. The van der Waals surface area contributed by atoms with Gasteiger partial charge in [0.1, 0.15) is 6.61 Å². The Bertz CT molecular complexity index is 2180. The molecule has 2 heterocycles. The molecule has 8 nitrogen and oxygen atoms in total. The van der Waals surface area contributed by atoms with Gasteiger partial charge in [0.15, 0.2) is 16.3 Å². The van der Waals surface area contributed by atoms with E-state index in [1.807, 2.05) is 97.9 Å². The van der Waals surface area contributed by atoms with Crippen molar-refractivity contribution in [3.05, 3.63) is 156 Å². The molecule has 0 fully saturated rings. The molecule has 1 aliphatic rings. The Morgan fingerprint density at radius 3 is 2.36 bits per heavy atom. The number of nitriles is 1.